The molecule has 31 heavy (non-hydrogen) atoms. The second-order valence-electron chi connectivity index (χ2n) is 8.60. The number of amides is 2. The summed E-state index contributed by atoms with van der Waals surface area (Å²) in [5, 5.41) is 6.60. The predicted octanol–water partition coefficient (Wildman–Crippen LogP) is 2.84. The van der Waals surface area contributed by atoms with E-state index in [2.05, 4.69) is 15.6 Å². The molecule has 0 atom stereocenters. The second-order valence-corrected chi connectivity index (χ2v) is 8.60. The van der Waals surface area contributed by atoms with Gasteiger partial charge in [-0.3, -0.25) is 4.79 Å². The summed E-state index contributed by atoms with van der Waals surface area (Å²) in [5.41, 5.74) is 1.23. The molecule has 8 nitrogen and oxygen atoms in total. The van der Waals surface area contributed by atoms with Crippen LogP contribution in [-0.4, -0.2) is 72.1 Å². The molecule has 2 N–H and O–H groups in total. The molecule has 0 spiro atoms. The van der Waals surface area contributed by atoms with E-state index in [0.717, 1.165) is 12.1 Å². The Bertz CT molecular complexity index is 760. The second kappa shape index (κ2) is 11.0. The number of aliphatic imine (C=N–C) groups is 1. The first-order chi connectivity index (χ1) is 14.7. The fraction of sp³-hybridized carbons (Fsp3) is 0.609. The minimum absolute atomic E-state index is 0.0505. The standard InChI is InChI=1S/C23H37N5O3/c1-7-24-21(26-19-15-28(16-19)22(30)31-23(4,5)6)25-14-17-10-12-18(13-11-17)20(29)27(8-2)9-3/h10-13,19H,7-9,14-16H2,1-6H3,(H2,24,25,26). The number of ether oxygens (including phenoxy) is 1. The number of nitrogens with one attached hydrogen (secondary N) is 2. The zero-order chi connectivity index (χ0) is 23.0. The van der Waals surface area contributed by atoms with Crippen LogP contribution in [0, 0.1) is 0 Å². The summed E-state index contributed by atoms with van der Waals surface area (Å²) in [6.45, 7) is 15.4. The minimum Gasteiger partial charge on any atom is -0.444 e. The molecule has 2 amide bonds. The maximum absolute atomic E-state index is 12.4. The summed E-state index contributed by atoms with van der Waals surface area (Å²) in [5.74, 6) is 0.759. The van der Waals surface area contributed by atoms with Gasteiger partial charge in [0, 0.05) is 38.3 Å². The Labute approximate surface area is 186 Å². The van der Waals surface area contributed by atoms with Gasteiger partial charge in [-0.25, -0.2) is 9.79 Å². The number of benzene rings is 1. The molecule has 0 aromatic heterocycles. The molecule has 1 heterocycles. The van der Waals surface area contributed by atoms with E-state index >= 15 is 0 Å². The maximum atomic E-state index is 12.4. The van der Waals surface area contributed by atoms with Gasteiger partial charge in [-0.2, -0.15) is 0 Å². The summed E-state index contributed by atoms with van der Waals surface area (Å²) in [7, 11) is 0. The lowest BCUT2D eigenvalue weighted by Gasteiger charge is -2.40. The Morgan fingerprint density at radius 2 is 1.74 bits per heavy atom. The summed E-state index contributed by atoms with van der Waals surface area (Å²) >= 11 is 0. The van der Waals surface area contributed by atoms with Gasteiger partial charge >= 0.3 is 6.09 Å². The summed E-state index contributed by atoms with van der Waals surface area (Å²) in [6.07, 6.45) is -0.285. The Kier molecular flexibility index (Phi) is 8.71. The number of nitrogens with zero attached hydrogens (tertiary/aromatic N) is 3. The highest BCUT2D eigenvalue weighted by molar-refractivity contribution is 5.94. The Balaban J connectivity index is 1.89. The van der Waals surface area contributed by atoms with Gasteiger partial charge in [0.1, 0.15) is 5.60 Å². The van der Waals surface area contributed by atoms with E-state index in [-0.39, 0.29) is 18.0 Å². The molecule has 0 bridgehead atoms. The number of rotatable bonds is 7. The lowest BCUT2D eigenvalue weighted by atomic mass is 10.1. The van der Waals surface area contributed by atoms with E-state index in [4.69, 9.17) is 4.74 Å². The van der Waals surface area contributed by atoms with Gasteiger partial charge in [0.05, 0.1) is 12.6 Å². The predicted molar refractivity (Wildman–Crippen MR) is 123 cm³/mol. The first kappa shape index (κ1) is 24.5. The zero-order valence-corrected chi connectivity index (χ0v) is 19.7. The third-order valence-corrected chi connectivity index (χ3v) is 4.89. The maximum Gasteiger partial charge on any atom is 0.410 e. The molecular weight excluding hydrogens is 394 g/mol. The van der Waals surface area contributed by atoms with Crippen molar-refractivity contribution in [3.63, 3.8) is 0 Å². The number of hydrogen-bond donors (Lipinski definition) is 2. The quantitative estimate of drug-likeness (QED) is 0.512. The van der Waals surface area contributed by atoms with Crippen molar-refractivity contribution in [2.45, 2.75) is 59.7 Å². The first-order valence-corrected chi connectivity index (χ1v) is 11.1. The van der Waals surface area contributed by atoms with Gasteiger partial charge < -0.3 is 25.2 Å². The highest BCUT2D eigenvalue weighted by Gasteiger charge is 2.34. The van der Waals surface area contributed by atoms with Crippen molar-refractivity contribution in [2.24, 2.45) is 4.99 Å². The van der Waals surface area contributed by atoms with Crippen LogP contribution in [0.15, 0.2) is 29.3 Å². The first-order valence-electron chi connectivity index (χ1n) is 11.1. The number of carbonyl (C=O) groups is 2. The van der Waals surface area contributed by atoms with E-state index < -0.39 is 5.60 Å². The fourth-order valence-electron chi connectivity index (χ4n) is 3.18. The molecule has 1 saturated heterocycles. The van der Waals surface area contributed by atoms with Crippen LogP contribution in [0.3, 0.4) is 0 Å². The SMILES string of the molecule is CCNC(=NCc1ccc(C(=O)N(CC)CC)cc1)NC1CN(C(=O)OC(C)(C)C)C1. The average molecular weight is 432 g/mol. The van der Waals surface area contributed by atoms with Crippen LogP contribution in [-0.2, 0) is 11.3 Å². The van der Waals surface area contributed by atoms with Crippen molar-refractivity contribution in [3.05, 3.63) is 35.4 Å². The molecule has 172 valence electrons. The van der Waals surface area contributed by atoms with Crippen molar-refractivity contribution >= 4 is 18.0 Å². The molecule has 0 aliphatic carbocycles. The topological polar surface area (TPSA) is 86.3 Å². The highest BCUT2D eigenvalue weighted by atomic mass is 16.6. The number of hydrogen-bond acceptors (Lipinski definition) is 4. The van der Waals surface area contributed by atoms with Crippen molar-refractivity contribution in [1.29, 1.82) is 0 Å². The molecular formula is C23H37N5O3. The van der Waals surface area contributed by atoms with Gasteiger partial charge in [-0.05, 0) is 59.2 Å². The largest absolute Gasteiger partial charge is 0.444 e. The third kappa shape index (κ3) is 7.45. The van der Waals surface area contributed by atoms with Crippen LogP contribution in [0.1, 0.15) is 57.5 Å². The number of carbonyl (C=O) groups excluding carboxylic acids is 2. The monoisotopic (exact) mass is 431 g/mol. The molecule has 0 unspecified atom stereocenters. The Morgan fingerprint density at radius 1 is 1.13 bits per heavy atom. The van der Waals surface area contributed by atoms with Crippen molar-refractivity contribution in [3.8, 4) is 0 Å². The van der Waals surface area contributed by atoms with E-state index in [9.17, 15) is 9.59 Å². The minimum atomic E-state index is -0.489. The average Bonchev–Trinajstić information content (AvgIpc) is 2.68. The molecule has 1 aliphatic heterocycles. The highest BCUT2D eigenvalue weighted by Crippen LogP contribution is 2.15. The normalized spacial score (nSPS) is 14.6. The summed E-state index contributed by atoms with van der Waals surface area (Å²) in [6, 6.07) is 7.74. The van der Waals surface area contributed by atoms with Crippen LogP contribution >= 0.6 is 0 Å². The molecule has 0 saturated carbocycles. The van der Waals surface area contributed by atoms with Gasteiger partial charge in [0.25, 0.3) is 5.91 Å². The van der Waals surface area contributed by atoms with Crippen molar-refractivity contribution < 1.29 is 14.3 Å². The fourth-order valence-corrected chi connectivity index (χ4v) is 3.18. The molecule has 8 heteroatoms. The van der Waals surface area contributed by atoms with Gasteiger partial charge in [-0.15, -0.1) is 0 Å². The van der Waals surface area contributed by atoms with Crippen LogP contribution in [0.25, 0.3) is 0 Å². The van der Waals surface area contributed by atoms with Crippen LogP contribution in [0.5, 0.6) is 0 Å². The van der Waals surface area contributed by atoms with Gasteiger partial charge in [-0.1, -0.05) is 12.1 Å². The molecule has 1 fully saturated rings. The Morgan fingerprint density at radius 3 is 2.26 bits per heavy atom. The van der Waals surface area contributed by atoms with Crippen LogP contribution < -0.4 is 10.6 Å². The van der Waals surface area contributed by atoms with E-state index in [1.54, 1.807) is 9.80 Å². The van der Waals surface area contributed by atoms with E-state index in [1.165, 1.54) is 0 Å². The molecule has 1 aromatic rings. The van der Waals surface area contributed by atoms with E-state index in [1.807, 2.05) is 65.8 Å². The van der Waals surface area contributed by atoms with Crippen LogP contribution in [0.4, 0.5) is 4.79 Å². The lowest BCUT2D eigenvalue weighted by molar-refractivity contribution is 0.00700. The molecule has 2 rings (SSSR count). The van der Waals surface area contributed by atoms with Crippen LogP contribution in [0.2, 0.25) is 0 Å². The zero-order valence-electron chi connectivity index (χ0n) is 19.7. The lowest BCUT2D eigenvalue weighted by Crippen LogP contribution is -2.63. The molecule has 1 aliphatic rings. The van der Waals surface area contributed by atoms with E-state index in [0.29, 0.717) is 44.2 Å². The van der Waals surface area contributed by atoms with Gasteiger partial charge in [0.15, 0.2) is 5.96 Å². The van der Waals surface area contributed by atoms with Gasteiger partial charge in [0.2, 0.25) is 0 Å². The third-order valence-electron chi connectivity index (χ3n) is 4.89. The summed E-state index contributed by atoms with van der Waals surface area (Å²) in [4.78, 5) is 32.6. The summed E-state index contributed by atoms with van der Waals surface area (Å²) < 4.78 is 5.39. The van der Waals surface area contributed by atoms with Crippen molar-refractivity contribution in [2.75, 3.05) is 32.7 Å². The number of likely N-dealkylation sites (tertiary alicyclic amines) is 1. The molecule has 0 radical (unpaired) electrons. The number of guanidine groups is 1. The smallest absolute Gasteiger partial charge is 0.410 e. The molecule has 1 aromatic carbocycles. The Hall–Kier alpha value is -2.77. The van der Waals surface area contributed by atoms with Crippen molar-refractivity contribution in [1.82, 2.24) is 20.4 Å².